The Morgan fingerprint density at radius 1 is 1.37 bits per heavy atom. The minimum Gasteiger partial charge on any atom is -0.354 e. The smallest absolute Gasteiger partial charge is 0.239 e. The molecular formula is C14H14Cl2N2O. The summed E-state index contributed by atoms with van der Waals surface area (Å²) in [6, 6.07) is 5.45. The lowest BCUT2D eigenvalue weighted by atomic mass is 10.2. The van der Waals surface area contributed by atoms with Gasteiger partial charge in [0.2, 0.25) is 5.91 Å². The van der Waals surface area contributed by atoms with Crippen LogP contribution in [-0.4, -0.2) is 17.0 Å². The summed E-state index contributed by atoms with van der Waals surface area (Å²) in [5.74, 6) is 0.717. The molecule has 3 rings (SSSR count). The van der Waals surface area contributed by atoms with E-state index in [1.165, 1.54) is 12.8 Å². The zero-order chi connectivity index (χ0) is 13.4. The second kappa shape index (κ2) is 5.06. The number of hydrogen-bond donors (Lipinski definition) is 1. The van der Waals surface area contributed by atoms with E-state index in [4.69, 9.17) is 23.2 Å². The molecule has 0 bridgehead atoms. The van der Waals surface area contributed by atoms with Crippen LogP contribution in [0.1, 0.15) is 12.8 Å². The maximum atomic E-state index is 11.9. The molecule has 0 atom stereocenters. The summed E-state index contributed by atoms with van der Waals surface area (Å²) in [7, 11) is 0. The highest BCUT2D eigenvalue weighted by molar-refractivity contribution is 6.38. The number of aromatic nitrogens is 1. The van der Waals surface area contributed by atoms with Gasteiger partial charge in [0.15, 0.2) is 0 Å². The van der Waals surface area contributed by atoms with Gasteiger partial charge in [0, 0.05) is 23.2 Å². The van der Waals surface area contributed by atoms with Gasteiger partial charge in [0.25, 0.3) is 0 Å². The van der Waals surface area contributed by atoms with Crippen LogP contribution in [0, 0.1) is 5.92 Å². The van der Waals surface area contributed by atoms with Gasteiger partial charge in [0.1, 0.15) is 6.54 Å². The third kappa shape index (κ3) is 2.88. The van der Waals surface area contributed by atoms with E-state index in [9.17, 15) is 4.79 Å². The predicted molar refractivity (Wildman–Crippen MR) is 77.7 cm³/mol. The predicted octanol–water partition coefficient (Wildman–Crippen LogP) is 3.47. The number of carbonyl (C=O) groups excluding carboxylic acids is 1. The van der Waals surface area contributed by atoms with Crippen LogP contribution in [0.2, 0.25) is 10.0 Å². The fourth-order valence-electron chi connectivity index (χ4n) is 2.15. The second-order valence-corrected chi connectivity index (χ2v) is 5.86. The lowest BCUT2D eigenvalue weighted by Crippen LogP contribution is -2.29. The Morgan fingerprint density at radius 2 is 2.16 bits per heavy atom. The molecule has 0 saturated heterocycles. The summed E-state index contributed by atoms with van der Waals surface area (Å²) in [5, 5.41) is 5.06. The van der Waals surface area contributed by atoms with E-state index in [-0.39, 0.29) is 5.91 Å². The minimum absolute atomic E-state index is 0.0282. The quantitative estimate of drug-likeness (QED) is 0.921. The van der Waals surface area contributed by atoms with Crippen molar-refractivity contribution in [2.75, 3.05) is 6.54 Å². The van der Waals surface area contributed by atoms with Crippen LogP contribution in [0.3, 0.4) is 0 Å². The van der Waals surface area contributed by atoms with E-state index >= 15 is 0 Å². The third-order valence-corrected chi connectivity index (χ3v) is 3.93. The summed E-state index contributed by atoms with van der Waals surface area (Å²) in [4.78, 5) is 11.9. The molecule has 1 N–H and O–H groups in total. The van der Waals surface area contributed by atoms with E-state index in [1.807, 2.05) is 22.9 Å². The normalized spacial score (nSPS) is 14.8. The van der Waals surface area contributed by atoms with Crippen molar-refractivity contribution >= 4 is 40.0 Å². The Kier molecular flexibility index (Phi) is 3.42. The monoisotopic (exact) mass is 296 g/mol. The van der Waals surface area contributed by atoms with Crippen molar-refractivity contribution in [2.45, 2.75) is 19.4 Å². The Hall–Kier alpha value is -1.19. The van der Waals surface area contributed by atoms with E-state index in [0.29, 0.717) is 22.5 Å². The molecule has 1 heterocycles. The van der Waals surface area contributed by atoms with Crippen LogP contribution in [0.15, 0.2) is 24.4 Å². The topological polar surface area (TPSA) is 34.0 Å². The molecule has 0 radical (unpaired) electrons. The van der Waals surface area contributed by atoms with E-state index in [1.54, 1.807) is 6.07 Å². The van der Waals surface area contributed by atoms with E-state index < -0.39 is 0 Å². The fraction of sp³-hybridized carbons (Fsp3) is 0.357. The number of hydrogen-bond acceptors (Lipinski definition) is 1. The maximum Gasteiger partial charge on any atom is 0.239 e. The summed E-state index contributed by atoms with van der Waals surface area (Å²) in [6.07, 6.45) is 4.33. The molecule has 1 aromatic heterocycles. The number of nitrogens with zero attached hydrogens (tertiary/aromatic N) is 1. The van der Waals surface area contributed by atoms with Gasteiger partial charge in [-0.25, -0.2) is 0 Å². The van der Waals surface area contributed by atoms with Crippen LogP contribution in [-0.2, 0) is 11.3 Å². The highest BCUT2D eigenvalue weighted by Gasteiger charge is 2.21. The van der Waals surface area contributed by atoms with Crippen molar-refractivity contribution in [2.24, 2.45) is 5.92 Å². The van der Waals surface area contributed by atoms with Crippen LogP contribution < -0.4 is 5.32 Å². The number of fused-ring (bicyclic) bond motifs is 1. The van der Waals surface area contributed by atoms with Crippen molar-refractivity contribution in [3.63, 3.8) is 0 Å². The van der Waals surface area contributed by atoms with Crippen molar-refractivity contribution in [3.8, 4) is 0 Å². The molecule has 1 aliphatic carbocycles. The largest absolute Gasteiger partial charge is 0.354 e. The van der Waals surface area contributed by atoms with Crippen molar-refractivity contribution in [3.05, 3.63) is 34.4 Å². The first-order valence-corrected chi connectivity index (χ1v) is 7.09. The average molecular weight is 297 g/mol. The van der Waals surface area contributed by atoms with Crippen LogP contribution in [0.25, 0.3) is 10.9 Å². The Bertz CT molecular complexity index is 632. The number of benzene rings is 1. The van der Waals surface area contributed by atoms with E-state index in [0.717, 1.165) is 17.4 Å². The number of amides is 1. The first kappa shape index (κ1) is 12.8. The van der Waals surface area contributed by atoms with Gasteiger partial charge in [0.05, 0.1) is 10.5 Å². The Balaban J connectivity index is 1.78. The molecule has 1 saturated carbocycles. The average Bonchev–Trinajstić information content (AvgIpc) is 3.10. The molecule has 1 amide bonds. The van der Waals surface area contributed by atoms with Crippen LogP contribution in [0.5, 0.6) is 0 Å². The van der Waals surface area contributed by atoms with Gasteiger partial charge in [-0.15, -0.1) is 0 Å². The number of rotatable bonds is 4. The summed E-state index contributed by atoms with van der Waals surface area (Å²) < 4.78 is 1.87. The van der Waals surface area contributed by atoms with Gasteiger partial charge in [-0.05, 0) is 37.0 Å². The van der Waals surface area contributed by atoms with Gasteiger partial charge in [-0.1, -0.05) is 23.2 Å². The fourth-order valence-corrected chi connectivity index (χ4v) is 2.69. The zero-order valence-corrected chi connectivity index (χ0v) is 11.8. The molecule has 1 aromatic carbocycles. The number of nitrogens with one attached hydrogen (secondary N) is 1. The molecule has 1 aliphatic rings. The molecule has 5 heteroatoms. The standard InChI is InChI=1S/C14H14Cl2N2O/c15-10-5-12(16)11-3-4-18(13(11)6-10)8-14(19)17-7-9-1-2-9/h3-6,9H,1-2,7-8H2,(H,17,19). The van der Waals surface area contributed by atoms with Crippen molar-refractivity contribution in [1.29, 1.82) is 0 Å². The van der Waals surface area contributed by atoms with Gasteiger partial charge in [-0.3, -0.25) is 4.79 Å². The third-order valence-electron chi connectivity index (χ3n) is 3.40. The number of halogens is 2. The number of carbonyl (C=O) groups is 1. The van der Waals surface area contributed by atoms with Crippen LogP contribution in [0.4, 0.5) is 0 Å². The first-order chi connectivity index (χ1) is 9.13. The lowest BCUT2D eigenvalue weighted by molar-refractivity contribution is -0.121. The molecule has 0 spiro atoms. The molecule has 1 fully saturated rings. The highest BCUT2D eigenvalue weighted by Crippen LogP contribution is 2.29. The maximum absolute atomic E-state index is 11.9. The SMILES string of the molecule is O=C(Cn1ccc2c(Cl)cc(Cl)cc21)NCC1CC1. The molecule has 100 valence electrons. The summed E-state index contributed by atoms with van der Waals surface area (Å²) in [5.41, 5.74) is 0.888. The second-order valence-electron chi connectivity index (χ2n) is 5.01. The summed E-state index contributed by atoms with van der Waals surface area (Å²) >= 11 is 12.1. The molecular weight excluding hydrogens is 283 g/mol. The Morgan fingerprint density at radius 3 is 2.89 bits per heavy atom. The van der Waals surface area contributed by atoms with Gasteiger partial charge in [-0.2, -0.15) is 0 Å². The molecule has 3 nitrogen and oxygen atoms in total. The van der Waals surface area contributed by atoms with Crippen molar-refractivity contribution < 1.29 is 4.79 Å². The van der Waals surface area contributed by atoms with Crippen molar-refractivity contribution in [1.82, 2.24) is 9.88 Å². The van der Waals surface area contributed by atoms with Crippen LogP contribution >= 0.6 is 23.2 Å². The minimum atomic E-state index is 0.0282. The molecule has 19 heavy (non-hydrogen) atoms. The first-order valence-electron chi connectivity index (χ1n) is 6.34. The molecule has 2 aromatic rings. The van der Waals surface area contributed by atoms with E-state index in [2.05, 4.69) is 5.32 Å². The van der Waals surface area contributed by atoms with Gasteiger partial charge >= 0.3 is 0 Å². The molecule has 0 unspecified atom stereocenters. The summed E-state index contributed by atoms with van der Waals surface area (Å²) in [6.45, 7) is 1.09. The Labute approximate surface area is 121 Å². The lowest BCUT2D eigenvalue weighted by Gasteiger charge is -2.07. The highest BCUT2D eigenvalue weighted by atomic mass is 35.5. The zero-order valence-electron chi connectivity index (χ0n) is 10.3. The van der Waals surface area contributed by atoms with Gasteiger partial charge < -0.3 is 9.88 Å². The molecule has 0 aliphatic heterocycles.